The molecule has 0 aromatic heterocycles. The molecule has 44 heavy (non-hydrogen) atoms. The van der Waals surface area contributed by atoms with Crippen molar-refractivity contribution >= 4 is 49.7 Å². The molecular formula is C36H34Br2N2O4. The number of nitrogens with one attached hydrogen (secondary N) is 1. The van der Waals surface area contributed by atoms with Crippen LogP contribution in [0.5, 0.6) is 5.75 Å². The van der Waals surface area contributed by atoms with Gasteiger partial charge in [-0.05, 0) is 60.0 Å². The van der Waals surface area contributed by atoms with E-state index in [1.165, 1.54) is 0 Å². The van der Waals surface area contributed by atoms with Gasteiger partial charge in [0.05, 0.1) is 6.61 Å². The van der Waals surface area contributed by atoms with Crippen molar-refractivity contribution in [3.63, 3.8) is 0 Å². The minimum Gasteiger partial charge on any atom is -0.494 e. The summed E-state index contributed by atoms with van der Waals surface area (Å²) in [4.78, 5) is 19.4. The molecule has 2 N–H and O–H groups in total. The lowest BCUT2D eigenvalue weighted by Gasteiger charge is -2.30. The van der Waals surface area contributed by atoms with E-state index in [0.717, 1.165) is 31.2 Å². The molecule has 6 nitrogen and oxygen atoms in total. The average Bonchev–Trinajstić information content (AvgIpc) is 3.43. The molecule has 0 aliphatic carbocycles. The summed E-state index contributed by atoms with van der Waals surface area (Å²) in [5.41, 5.74) is 2.48. The van der Waals surface area contributed by atoms with Crippen molar-refractivity contribution in [1.82, 2.24) is 5.32 Å². The number of carbonyl (C=O) groups is 1. The van der Waals surface area contributed by atoms with Gasteiger partial charge < -0.3 is 19.9 Å². The first-order valence-electron chi connectivity index (χ1n) is 14.6. The van der Waals surface area contributed by atoms with Crippen molar-refractivity contribution in [3.8, 4) is 5.75 Å². The van der Waals surface area contributed by atoms with Crippen LogP contribution in [-0.4, -0.2) is 42.2 Å². The molecule has 0 unspecified atom stereocenters. The first kappa shape index (κ1) is 31.7. The number of aliphatic hydroxyl groups is 1. The van der Waals surface area contributed by atoms with Crippen LogP contribution in [0.25, 0.3) is 6.08 Å². The first-order chi connectivity index (χ1) is 21.5. The molecule has 4 aromatic rings. The SMILES string of the molecule is O=C(NCCc1ccc(Br)cc1)[C@]1(C/C=C/c2ccccc2)N=C(c2ccc(OCCCO)cc2)O[C@@H]1c1ccccc1Br. The van der Waals surface area contributed by atoms with Crippen molar-refractivity contribution in [1.29, 1.82) is 0 Å². The predicted octanol–water partition coefficient (Wildman–Crippen LogP) is 7.69. The molecule has 1 amide bonds. The van der Waals surface area contributed by atoms with Crippen molar-refractivity contribution in [3.05, 3.63) is 140 Å². The Balaban J connectivity index is 1.49. The minimum atomic E-state index is -1.26. The molecular weight excluding hydrogens is 684 g/mol. The number of amides is 1. The molecule has 1 aliphatic heterocycles. The summed E-state index contributed by atoms with van der Waals surface area (Å²) >= 11 is 7.18. The number of hydrogen-bond acceptors (Lipinski definition) is 5. The second-order valence-corrected chi connectivity index (χ2v) is 12.2. The Morgan fingerprint density at radius 2 is 1.68 bits per heavy atom. The lowest BCUT2D eigenvalue weighted by molar-refractivity contribution is -0.128. The Hall–Kier alpha value is -3.72. The van der Waals surface area contributed by atoms with Crippen LogP contribution in [0.1, 0.15) is 41.2 Å². The summed E-state index contributed by atoms with van der Waals surface area (Å²) in [7, 11) is 0. The van der Waals surface area contributed by atoms with Crippen molar-refractivity contribution in [2.24, 2.45) is 4.99 Å². The van der Waals surface area contributed by atoms with E-state index < -0.39 is 11.6 Å². The van der Waals surface area contributed by atoms with Crippen molar-refractivity contribution in [2.75, 3.05) is 19.8 Å². The second-order valence-electron chi connectivity index (χ2n) is 10.5. The molecule has 0 spiro atoms. The second kappa shape index (κ2) is 15.3. The molecule has 2 atom stereocenters. The number of carbonyl (C=O) groups excluding carboxylic acids is 1. The van der Waals surface area contributed by atoms with E-state index in [9.17, 15) is 4.79 Å². The van der Waals surface area contributed by atoms with Crippen LogP contribution in [-0.2, 0) is 16.0 Å². The number of benzene rings is 4. The van der Waals surface area contributed by atoms with Crippen LogP contribution >= 0.6 is 31.9 Å². The van der Waals surface area contributed by atoms with Gasteiger partial charge in [0.1, 0.15) is 5.75 Å². The molecule has 4 aromatic carbocycles. The van der Waals surface area contributed by atoms with Gasteiger partial charge in [-0.15, -0.1) is 0 Å². The van der Waals surface area contributed by atoms with E-state index >= 15 is 0 Å². The molecule has 0 bridgehead atoms. The molecule has 226 valence electrons. The minimum absolute atomic E-state index is 0.0746. The molecule has 0 saturated heterocycles. The van der Waals surface area contributed by atoms with Crippen LogP contribution in [0, 0.1) is 0 Å². The molecule has 8 heteroatoms. The fourth-order valence-corrected chi connectivity index (χ4v) is 5.80. The maximum absolute atomic E-state index is 14.3. The Kier molecular flexibility index (Phi) is 11.0. The third-order valence-electron chi connectivity index (χ3n) is 7.37. The summed E-state index contributed by atoms with van der Waals surface area (Å²) in [6.07, 6.45) is 4.90. The van der Waals surface area contributed by atoms with Gasteiger partial charge >= 0.3 is 0 Å². The van der Waals surface area contributed by atoms with Gasteiger partial charge in [0.25, 0.3) is 5.91 Å². The third-order valence-corrected chi connectivity index (χ3v) is 8.62. The molecule has 1 heterocycles. The fraction of sp³-hybridized carbons (Fsp3) is 0.222. The lowest BCUT2D eigenvalue weighted by Crippen LogP contribution is -2.48. The highest BCUT2D eigenvalue weighted by Gasteiger charge is 2.53. The highest BCUT2D eigenvalue weighted by molar-refractivity contribution is 9.10. The number of ether oxygens (including phenoxy) is 2. The zero-order chi connectivity index (χ0) is 30.8. The largest absolute Gasteiger partial charge is 0.494 e. The third kappa shape index (κ3) is 7.86. The van der Waals surface area contributed by atoms with E-state index in [1.807, 2.05) is 115 Å². The Labute approximate surface area is 275 Å². The zero-order valence-corrected chi connectivity index (χ0v) is 27.3. The maximum atomic E-state index is 14.3. The normalized spacial score (nSPS) is 17.7. The Morgan fingerprint density at radius 3 is 2.41 bits per heavy atom. The molecule has 0 radical (unpaired) electrons. The smallest absolute Gasteiger partial charge is 0.252 e. The molecule has 5 rings (SSSR count). The van der Waals surface area contributed by atoms with Crippen LogP contribution < -0.4 is 10.1 Å². The van der Waals surface area contributed by atoms with Gasteiger partial charge in [0.2, 0.25) is 5.90 Å². The van der Waals surface area contributed by atoms with E-state index in [4.69, 9.17) is 19.6 Å². The van der Waals surface area contributed by atoms with Gasteiger partial charge in [0, 0.05) is 46.1 Å². The van der Waals surface area contributed by atoms with Gasteiger partial charge in [-0.3, -0.25) is 4.79 Å². The van der Waals surface area contributed by atoms with E-state index in [0.29, 0.717) is 44.1 Å². The topological polar surface area (TPSA) is 80.2 Å². The quantitative estimate of drug-likeness (QED) is 0.139. The lowest BCUT2D eigenvalue weighted by atomic mass is 9.84. The number of aliphatic hydroxyl groups excluding tert-OH is 1. The number of hydrogen-bond donors (Lipinski definition) is 2. The number of aliphatic imine (C=N–C) groups is 1. The summed E-state index contributed by atoms with van der Waals surface area (Å²) in [5, 5.41) is 12.2. The first-order valence-corrected chi connectivity index (χ1v) is 16.2. The monoisotopic (exact) mass is 716 g/mol. The standard InChI is InChI=1S/C36H34Br2N2O4/c37-29-17-13-27(14-18-29)21-23-39-35(42)36(22-6-10-26-8-2-1-3-9-26)33(31-11-4-5-12-32(31)38)44-34(40-36)28-15-19-30(20-16-28)43-25-7-24-41/h1-6,8-20,33,41H,7,21-25H2,(H,39,42)/b10-6+/t33-,36-/m1/s1. The van der Waals surface area contributed by atoms with Crippen LogP contribution in [0.15, 0.2) is 123 Å². The van der Waals surface area contributed by atoms with E-state index in [-0.39, 0.29) is 12.5 Å². The summed E-state index contributed by atoms with van der Waals surface area (Å²) in [6.45, 7) is 0.956. The van der Waals surface area contributed by atoms with Crippen molar-refractivity contribution in [2.45, 2.75) is 30.9 Å². The highest BCUT2D eigenvalue weighted by Crippen LogP contribution is 2.45. The molecule has 0 fully saturated rings. The summed E-state index contributed by atoms with van der Waals surface area (Å²) in [6, 6.07) is 33.3. The fourth-order valence-electron chi connectivity index (χ4n) is 5.04. The highest BCUT2D eigenvalue weighted by atomic mass is 79.9. The van der Waals surface area contributed by atoms with Gasteiger partial charge in [0.15, 0.2) is 11.6 Å². The van der Waals surface area contributed by atoms with Crippen LogP contribution in [0.4, 0.5) is 0 Å². The number of nitrogens with zero attached hydrogens (tertiary/aromatic N) is 1. The molecule has 1 aliphatic rings. The van der Waals surface area contributed by atoms with Crippen LogP contribution in [0.2, 0.25) is 0 Å². The molecule has 0 saturated carbocycles. The average molecular weight is 718 g/mol. The summed E-state index contributed by atoms with van der Waals surface area (Å²) < 4.78 is 14.2. The van der Waals surface area contributed by atoms with E-state index in [2.05, 4.69) is 37.2 Å². The number of halogens is 2. The number of rotatable bonds is 13. The summed E-state index contributed by atoms with van der Waals surface area (Å²) in [5.74, 6) is 0.877. The Bertz CT molecular complexity index is 1590. The van der Waals surface area contributed by atoms with Gasteiger partial charge in [-0.2, -0.15) is 0 Å². The zero-order valence-electron chi connectivity index (χ0n) is 24.2. The van der Waals surface area contributed by atoms with Gasteiger partial charge in [-0.1, -0.05) is 105 Å². The van der Waals surface area contributed by atoms with Gasteiger partial charge in [-0.25, -0.2) is 4.99 Å². The Morgan fingerprint density at radius 1 is 0.955 bits per heavy atom. The van der Waals surface area contributed by atoms with E-state index in [1.54, 1.807) is 0 Å². The van der Waals surface area contributed by atoms with Crippen molar-refractivity contribution < 1.29 is 19.4 Å². The maximum Gasteiger partial charge on any atom is 0.252 e. The predicted molar refractivity (Wildman–Crippen MR) is 182 cm³/mol. The van der Waals surface area contributed by atoms with Crippen LogP contribution in [0.3, 0.4) is 0 Å².